The fraction of sp³-hybridized carbons (Fsp3) is 0.471. The fourth-order valence-corrected chi connectivity index (χ4v) is 3.35. The Balaban J connectivity index is 1.46. The van der Waals surface area contributed by atoms with Crippen LogP contribution in [0.3, 0.4) is 0 Å². The van der Waals surface area contributed by atoms with Gasteiger partial charge in [0.2, 0.25) is 0 Å². The molecule has 1 aliphatic carbocycles. The first-order valence-electron chi connectivity index (χ1n) is 8.03. The second-order valence-corrected chi connectivity index (χ2v) is 6.20. The van der Waals surface area contributed by atoms with E-state index in [2.05, 4.69) is 10.3 Å². The molecule has 1 aromatic heterocycles. The van der Waals surface area contributed by atoms with E-state index in [1.165, 1.54) is 7.11 Å². The summed E-state index contributed by atoms with van der Waals surface area (Å²) in [5.41, 5.74) is 2.34. The van der Waals surface area contributed by atoms with E-state index < -0.39 is 0 Å². The second-order valence-electron chi connectivity index (χ2n) is 6.20. The maximum atomic E-state index is 11.8. The van der Waals surface area contributed by atoms with Crippen LogP contribution in [-0.4, -0.2) is 47.1 Å². The lowest BCUT2D eigenvalue weighted by Gasteiger charge is -2.41. The van der Waals surface area contributed by atoms with Crippen LogP contribution in [0.5, 0.6) is 0 Å². The minimum Gasteiger partial charge on any atom is -0.465 e. The van der Waals surface area contributed by atoms with Crippen molar-refractivity contribution in [2.24, 2.45) is 0 Å². The highest BCUT2D eigenvalue weighted by Crippen LogP contribution is 2.48. The van der Waals surface area contributed by atoms with Gasteiger partial charge in [-0.05, 0) is 11.6 Å². The van der Waals surface area contributed by atoms with E-state index in [0.717, 1.165) is 24.1 Å². The SMILES string of the molecule is COC(=O)c1ccccc1Cn1cc(C2CC3(C2)OCCO3)nn1. The summed E-state index contributed by atoms with van der Waals surface area (Å²) in [5, 5.41) is 8.46. The smallest absolute Gasteiger partial charge is 0.338 e. The molecule has 7 heteroatoms. The van der Waals surface area contributed by atoms with E-state index in [9.17, 15) is 4.79 Å². The average Bonchev–Trinajstić information content (AvgIpc) is 3.22. The Hall–Kier alpha value is -2.25. The first-order chi connectivity index (χ1) is 11.7. The largest absolute Gasteiger partial charge is 0.465 e. The normalized spacial score (nSPS) is 19.4. The molecule has 0 unspecified atom stereocenters. The third-order valence-electron chi connectivity index (χ3n) is 4.66. The number of benzene rings is 1. The van der Waals surface area contributed by atoms with Gasteiger partial charge in [0, 0.05) is 25.0 Å². The third kappa shape index (κ3) is 2.70. The highest BCUT2D eigenvalue weighted by atomic mass is 16.7. The summed E-state index contributed by atoms with van der Waals surface area (Å²) in [6.07, 6.45) is 3.58. The van der Waals surface area contributed by atoms with Gasteiger partial charge in [-0.3, -0.25) is 0 Å². The van der Waals surface area contributed by atoms with Gasteiger partial charge in [-0.25, -0.2) is 9.48 Å². The van der Waals surface area contributed by atoms with Gasteiger partial charge in [-0.15, -0.1) is 5.10 Å². The van der Waals surface area contributed by atoms with Crippen molar-refractivity contribution >= 4 is 5.97 Å². The lowest BCUT2D eigenvalue weighted by molar-refractivity contribution is -0.216. The van der Waals surface area contributed by atoms with Gasteiger partial charge in [0.15, 0.2) is 5.79 Å². The minimum absolute atomic E-state index is 0.313. The number of nitrogens with zero attached hydrogens (tertiary/aromatic N) is 3. The Bertz CT molecular complexity index is 744. The summed E-state index contributed by atoms with van der Waals surface area (Å²) < 4.78 is 17.9. The zero-order valence-corrected chi connectivity index (χ0v) is 13.5. The summed E-state index contributed by atoms with van der Waals surface area (Å²) in [6.45, 7) is 1.82. The first kappa shape index (κ1) is 15.3. The van der Waals surface area contributed by atoms with Crippen LogP contribution in [0.25, 0.3) is 0 Å². The molecule has 1 saturated carbocycles. The standard InChI is InChI=1S/C17H19N3O4/c1-22-16(21)14-5-3-2-4-12(14)10-20-11-15(18-19-20)13-8-17(9-13)23-6-7-24-17/h2-5,11,13H,6-10H2,1H3. The lowest BCUT2D eigenvalue weighted by Crippen LogP contribution is -2.43. The molecule has 2 fully saturated rings. The average molecular weight is 329 g/mol. The van der Waals surface area contributed by atoms with Gasteiger partial charge < -0.3 is 14.2 Å². The van der Waals surface area contributed by atoms with Crippen LogP contribution in [0, 0.1) is 0 Å². The van der Waals surface area contributed by atoms with E-state index in [1.807, 2.05) is 24.4 Å². The lowest BCUT2D eigenvalue weighted by atomic mass is 9.77. The molecular weight excluding hydrogens is 310 g/mol. The maximum absolute atomic E-state index is 11.8. The Morgan fingerprint density at radius 3 is 2.83 bits per heavy atom. The van der Waals surface area contributed by atoms with Crippen molar-refractivity contribution in [1.29, 1.82) is 0 Å². The molecule has 24 heavy (non-hydrogen) atoms. The maximum Gasteiger partial charge on any atom is 0.338 e. The molecule has 0 N–H and O–H groups in total. The van der Waals surface area contributed by atoms with Crippen LogP contribution in [0.15, 0.2) is 30.5 Å². The van der Waals surface area contributed by atoms with Crippen molar-refractivity contribution in [3.05, 3.63) is 47.3 Å². The molecule has 7 nitrogen and oxygen atoms in total. The van der Waals surface area contributed by atoms with Gasteiger partial charge >= 0.3 is 5.97 Å². The summed E-state index contributed by atoms with van der Waals surface area (Å²) in [6, 6.07) is 7.36. The number of carbonyl (C=O) groups is 1. The molecule has 0 bridgehead atoms. The summed E-state index contributed by atoms with van der Waals surface area (Å²) in [7, 11) is 1.38. The minimum atomic E-state index is -0.383. The number of aromatic nitrogens is 3. The molecule has 0 atom stereocenters. The molecule has 0 amide bonds. The second kappa shape index (κ2) is 5.99. The molecule has 1 saturated heterocycles. The molecule has 1 aliphatic heterocycles. The Morgan fingerprint density at radius 1 is 1.33 bits per heavy atom. The van der Waals surface area contributed by atoms with Gasteiger partial charge in [-0.2, -0.15) is 0 Å². The molecule has 126 valence electrons. The number of rotatable bonds is 4. The van der Waals surface area contributed by atoms with Crippen molar-refractivity contribution in [2.75, 3.05) is 20.3 Å². The Morgan fingerprint density at radius 2 is 2.08 bits per heavy atom. The Labute approximate surface area is 139 Å². The van der Waals surface area contributed by atoms with Crippen LogP contribution < -0.4 is 0 Å². The van der Waals surface area contributed by atoms with Crippen molar-refractivity contribution in [1.82, 2.24) is 15.0 Å². The van der Waals surface area contributed by atoms with Crippen LogP contribution in [-0.2, 0) is 20.8 Å². The predicted molar refractivity (Wildman–Crippen MR) is 83.5 cm³/mol. The zero-order chi connectivity index (χ0) is 16.6. The molecule has 1 spiro atoms. The number of carbonyl (C=O) groups excluding carboxylic acids is 1. The van der Waals surface area contributed by atoms with E-state index >= 15 is 0 Å². The zero-order valence-electron chi connectivity index (χ0n) is 13.5. The first-order valence-corrected chi connectivity index (χ1v) is 8.03. The van der Waals surface area contributed by atoms with Crippen LogP contribution >= 0.6 is 0 Å². The van der Waals surface area contributed by atoms with Crippen molar-refractivity contribution < 1.29 is 19.0 Å². The van der Waals surface area contributed by atoms with Gasteiger partial charge in [0.05, 0.1) is 38.1 Å². The summed E-state index contributed by atoms with van der Waals surface area (Å²) in [4.78, 5) is 11.8. The molecule has 2 heterocycles. The highest BCUT2D eigenvalue weighted by molar-refractivity contribution is 5.90. The monoisotopic (exact) mass is 329 g/mol. The highest BCUT2D eigenvalue weighted by Gasteiger charge is 2.50. The third-order valence-corrected chi connectivity index (χ3v) is 4.66. The molecular formula is C17H19N3O4. The quantitative estimate of drug-likeness (QED) is 0.795. The summed E-state index contributed by atoms with van der Waals surface area (Å²) in [5.74, 6) is -0.415. The number of ether oxygens (including phenoxy) is 3. The molecule has 4 rings (SSSR count). The van der Waals surface area contributed by atoms with Gasteiger partial charge in [0.25, 0.3) is 0 Å². The van der Waals surface area contributed by atoms with Crippen LogP contribution in [0.2, 0.25) is 0 Å². The van der Waals surface area contributed by atoms with Crippen LogP contribution in [0.1, 0.15) is 40.4 Å². The topological polar surface area (TPSA) is 75.5 Å². The molecule has 2 aliphatic rings. The number of methoxy groups -OCH3 is 1. The van der Waals surface area contributed by atoms with E-state index in [1.54, 1.807) is 10.7 Å². The van der Waals surface area contributed by atoms with Gasteiger partial charge in [0.1, 0.15) is 0 Å². The Kier molecular flexibility index (Phi) is 3.82. The van der Waals surface area contributed by atoms with E-state index in [0.29, 0.717) is 31.2 Å². The molecule has 2 aromatic rings. The van der Waals surface area contributed by atoms with E-state index in [4.69, 9.17) is 14.2 Å². The van der Waals surface area contributed by atoms with Gasteiger partial charge in [-0.1, -0.05) is 23.4 Å². The number of esters is 1. The van der Waals surface area contributed by atoms with E-state index in [-0.39, 0.29) is 11.8 Å². The molecule has 1 aromatic carbocycles. The number of hydrogen-bond donors (Lipinski definition) is 0. The summed E-state index contributed by atoms with van der Waals surface area (Å²) >= 11 is 0. The predicted octanol–water partition coefficient (Wildman–Crippen LogP) is 1.73. The van der Waals surface area contributed by atoms with Crippen molar-refractivity contribution in [2.45, 2.75) is 31.1 Å². The van der Waals surface area contributed by atoms with Crippen molar-refractivity contribution in [3.63, 3.8) is 0 Å². The van der Waals surface area contributed by atoms with Crippen LogP contribution in [0.4, 0.5) is 0 Å². The number of hydrogen-bond acceptors (Lipinski definition) is 6. The van der Waals surface area contributed by atoms with Crippen molar-refractivity contribution in [3.8, 4) is 0 Å². The fourth-order valence-electron chi connectivity index (χ4n) is 3.35. The molecule has 0 radical (unpaired) electrons.